The van der Waals surface area contributed by atoms with Crippen LogP contribution in [0.5, 0.6) is 0 Å². The lowest BCUT2D eigenvalue weighted by atomic mass is 10.6. The zero-order chi connectivity index (χ0) is 8.69. The summed E-state index contributed by atoms with van der Waals surface area (Å²) >= 11 is 0. The Hall–Kier alpha value is -0.870. The lowest BCUT2D eigenvalue weighted by molar-refractivity contribution is -0.162. The van der Waals surface area contributed by atoms with Crippen molar-refractivity contribution in [1.29, 1.82) is 0 Å². The van der Waals surface area contributed by atoms with E-state index in [9.17, 15) is 4.79 Å². The van der Waals surface area contributed by atoms with Crippen molar-refractivity contribution in [2.45, 2.75) is 6.29 Å². The average molecular weight is 160 g/mol. The van der Waals surface area contributed by atoms with Crippen molar-refractivity contribution >= 4 is 5.97 Å². The number of esters is 1. The Labute approximate surface area is 65.7 Å². The summed E-state index contributed by atoms with van der Waals surface area (Å²) in [7, 11) is 2.94. The molecular formula is C7H12O4. The van der Waals surface area contributed by atoms with Crippen molar-refractivity contribution in [2.24, 2.45) is 0 Å². The molecule has 0 aliphatic heterocycles. The summed E-state index contributed by atoms with van der Waals surface area (Å²) in [6, 6.07) is 0. The van der Waals surface area contributed by atoms with Gasteiger partial charge in [-0.05, 0) is 0 Å². The first-order valence-electron chi connectivity index (χ1n) is 3.09. The molecule has 0 unspecified atom stereocenters. The van der Waals surface area contributed by atoms with Gasteiger partial charge >= 0.3 is 5.97 Å². The number of methoxy groups -OCH3 is 2. The van der Waals surface area contributed by atoms with Crippen LogP contribution in [0.2, 0.25) is 0 Å². The Kier molecular flexibility index (Phi) is 5.42. The van der Waals surface area contributed by atoms with E-state index in [1.165, 1.54) is 14.2 Å². The van der Waals surface area contributed by atoms with Crippen LogP contribution in [0.1, 0.15) is 0 Å². The first-order chi connectivity index (χ1) is 5.24. The van der Waals surface area contributed by atoms with Gasteiger partial charge in [0.05, 0.1) is 0 Å². The molecule has 0 saturated carbocycles. The van der Waals surface area contributed by atoms with E-state index in [1.807, 2.05) is 0 Å². The van der Waals surface area contributed by atoms with Gasteiger partial charge in [-0.25, -0.2) is 4.79 Å². The summed E-state index contributed by atoms with van der Waals surface area (Å²) in [5, 5.41) is 0. The van der Waals surface area contributed by atoms with Gasteiger partial charge < -0.3 is 14.2 Å². The van der Waals surface area contributed by atoms with Gasteiger partial charge in [0.1, 0.15) is 6.61 Å². The third kappa shape index (κ3) is 4.52. The fourth-order valence-electron chi connectivity index (χ4n) is 0.441. The quantitative estimate of drug-likeness (QED) is 0.330. The average Bonchev–Trinajstić information content (AvgIpc) is 2.06. The minimum Gasteiger partial charge on any atom is -0.457 e. The molecule has 0 heterocycles. The molecule has 0 amide bonds. The zero-order valence-electron chi connectivity index (χ0n) is 6.70. The molecule has 0 aliphatic carbocycles. The third-order valence-corrected chi connectivity index (χ3v) is 1.05. The molecule has 0 rings (SSSR count). The van der Waals surface area contributed by atoms with E-state index in [-0.39, 0.29) is 6.61 Å². The van der Waals surface area contributed by atoms with E-state index >= 15 is 0 Å². The first kappa shape index (κ1) is 10.1. The lowest BCUT2D eigenvalue weighted by Gasteiger charge is -2.11. The maximum Gasteiger partial charge on any atom is 0.330 e. The van der Waals surface area contributed by atoms with Crippen molar-refractivity contribution in [3.8, 4) is 0 Å². The highest BCUT2D eigenvalue weighted by molar-refractivity contribution is 5.81. The van der Waals surface area contributed by atoms with Crippen LogP contribution < -0.4 is 0 Å². The summed E-state index contributed by atoms with van der Waals surface area (Å²) in [6.45, 7) is 3.32. The van der Waals surface area contributed by atoms with Crippen molar-refractivity contribution in [3.63, 3.8) is 0 Å². The topological polar surface area (TPSA) is 44.8 Å². The van der Waals surface area contributed by atoms with Crippen LogP contribution in [-0.4, -0.2) is 33.1 Å². The fraction of sp³-hybridized carbons (Fsp3) is 0.571. The van der Waals surface area contributed by atoms with Gasteiger partial charge in [0.25, 0.3) is 0 Å². The Morgan fingerprint density at radius 1 is 1.55 bits per heavy atom. The molecule has 0 fully saturated rings. The number of carbonyl (C=O) groups is 1. The zero-order valence-corrected chi connectivity index (χ0v) is 6.70. The molecule has 0 aromatic rings. The molecule has 0 aliphatic rings. The van der Waals surface area contributed by atoms with E-state index in [1.54, 1.807) is 0 Å². The van der Waals surface area contributed by atoms with Crippen LogP contribution in [-0.2, 0) is 19.0 Å². The minimum absolute atomic E-state index is 0.0812. The molecule has 0 aromatic heterocycles. The van der Waals surface area contributed by atoms with Crippen molar-refractivity contribution in [1.82, 2.24) is 0 Å². The largest absolute Gasteiger partial charge is 0.457 e. The molecule has 0 N–H and O–H groups in total. The summed E-state index contributed by atoms with van der Waals surface area (Å²) in [4.78, 5) is 10.5. The monoisotopic (exact) mass is 160 g/mol. The Balaban J connectivity index is 3.49. The molecule has 4 heteroatoms. The van der Waals surface area contributed by atoms with E-state index < -0.39 is 12.3 Å². The van der Waals surface area contributed by atoms with Crippen LogP contribution in [0, 0.1) is 0 Å². The molecule has 11 heavy (non-hydrogen) atoms. The number of ether oxygens (including phenoxy) is 3. The van der Waals surface area contributed by atoms with Gasteiger partial charge in [-0.15, -0.1) is 0 Å². The second-order valence-electron chi connectivity index (χ2n) is 1.74. The fourth-order valence-corrected chi connectivity index (χ4v) is 0.441. The van der Waals surface area contributed by atoms with Crippen LogP contribution in [0.25, 0.3) is 0 Å². The van der Waals surface area contributed by atoms with Gasteiger partial charge in [-0.3, -0.25) is 0 Å². The normalized spacial score (nSPS) is 9.73. The predicted molar refractivity (Wildman–Crippen MR) is 39.0 cm³/mol. The Morgan fingerprint density at radius 3 is 2.45 bits per heavy atom. The first-order valence-corrected chi connectivity index (χ1v) is 3.09. The summed E-state index contributed by atoms with van der Waals surface area (Å²) in [5.41, 5.74) is 0. The van der Waals surface area contributed by atoms with Crippen LogP contribution in [0.4, 0.5) is 0 Å². The van der Waals surface area contributed by atoms with Crippen LogP contribution in [0.15, 0.2) is 12.7 Å². The SMILES string of the molecule is C=CC(=O)OCC(OC)OC. The highest BCUT2D eigenvalue weighted by Gasteiger charge is 2.06. The summed E-state index contributed by atoms with van der Waals surface area (Å²) in [6.07, 6.45) is 0.585. The number of rotatable bonds is 5. The van der Waals surface area contributed by atoms with E-state index in [0.717, 1.165) is 6.08 Å². The number of hydrogen-bond acceptors (Lipinski definition) is 4. The van der Waals surface area contributed by atoms with Gasteiger partial charge in [0.2, 0.25) is 0 Å². The smallest absolute Gasteiger partial charge is 0.330 e. The highest BCUT2D eigenvalue weighted by atomic mass is 16.7. The van der Waals surface area contributed by atoms with Gasteiger partial charge in [0.15, 0.2) is 6.29 Å². The Bertz CT molecular complexity index is 128. The lowest BCUT2D eigenvalue weighted by Crippen LogP contribution is -2.21. The maximum absolute atomic E-state index is 10.5. The van der Waals surface area contributed by atoms with E-state index in [2.05, 4.69) is 11.3 Å². The Morgan fingerprint density at radius 2 is 2.09 bits per heavy atom. The molecule has 0 radical (unpaired) electrons. The van der Waals surface area contributed by atoms with E-state index in [4.69, 9.17) is 9.47 Å². The molecule has 4 nitrogen and oxygen atoms in total. The third-order valence-electron chi connectivity index (χ3n) is 1.05. The number of carbonyl (C=O) groups excluding carboxylic acids is 1. The highest BCUT2D eigenvalue weighted by Crippen LogP contribution is 1.92. The van der Waals surface area contributed by atoms with Gasteiger partial charge in [-0.1, -0.05) is 6.58 Å². The predicted octanol–water partition coefficient (Wildman–Crippen LogP) is 0.334. The molecule has 64 valence electrons. The minimum atomic E-state index is -0.501. The maximum atomic E-state index is 10.5. The van der Waals surface area contributed by atoms with Crippen molar-refractivity contribution in [3.05, 3.63) is 12.7 Å². The second-order valence-corrected chi connectivity index (χ2v) is 1.74. The van der Waals surface area contributed by atoms with Crippen LogP contribution >= 0.6 is 0 Å². The second kappa shape index (κ2) is 5.88. The molecular weight excluding hydrogens is 148 g/mol. The molecule has 0 spiro atoms. The summed E-state index contributed by atoms with van der Waals surface area (Å²) in [5.74, 6) is -0.482. The van der Waals surface area contributed by atoms with Crippen molar-refractivity contribution in [2.75, 3.05) is 20.8 Å². The standard InChI is InChI=1S/C7H12O4/c1-4-6(8)11-5-7(9-2)10-3/h4,7H,1,5H2,2-3H3. The molecule has 0 bridgehead atoms. The van der Waals surface area contributed by atoms with Gasteiger partial charge in [0, 0.05) is 20.3 Å². The van der Waals surface area contributed by atoms with Crippen molar-refractivity contribution < 1.29 is 19.0 Å². The summed E-state index contributed by atoms with van der Waals surface area (Å²) < 4.78 is 14.1. The number of hydrogen-bond donors (Lipinski definition) is 0. The molecule has 0 atom stereocenters. The van der Waals surface area contributed by atoms with E-state index in [0.29, 0.717) is 0 Å². The molecule has 0 aromatic carbocycles. The van der Waals surface area contributed by atoms with Crippen LogP contribution in [0.3, 0.4) is 0 Å². The van der Waals surface area contributed by atoms with Gasteiger partial charge in [-0.2, -0.15) is 0 Å². The molecule has 0 saturated heterocycles.